The summed E-state index contributed by atoms with van der Waals surface area (Å²) in [5.74, 6) is 5.85. The minimum absolute atomic E-state index is 0.261. The van der Waals surface area contributed by atoms with E-state index < -0.39 is 0 Å². The number of allylic oxidation sites excluding steroid dienone is 2. The molecular formula is C30H25F. The predicted octanol–water partition coefficient (Wildman–Crippen LogP) is 7.86. The molecule has 0 spiro atoms. The van der Waals surface area contributed by atoms with Gasteiger partial charge in [-0.3, -0.25) is 0 Å². The largest absolute Gasteiger partial charge is 0.205 e. The molecule has 0 aliphatic heterocycles. The molecule has 0 atom stereocenters. The van der Waals surface area contributed by atoms with Crippen LogP contribution in [0.2, 0.25) is 0 Å². The van der Waals surface area contributed by atoms with Gasteiger partial charge in [-0.25, -0.2) is 4.39 Å². The van der Waals surface area contributed by atoms with Crippen LogP contribution >= 0.6 is 0 Å². The molecule has 0 fully saturated rings. The second kappa shape index (κ2) is 9.45. The van der Waals surface area contributed by atoms with Crippen molar-refractivity contribution in [3.8, 4) is 23.0 Å². The highest BCUT2D eigenvalue weighted by Crippen LogP contribution is 2.27. The average Bonchev–Trinajstić information content (AvgIpc) is 2.80. The van der Waals surface area contributed by atoms with Gasteiger partial charge in [-0.2, -0.15) is 0 Å². The molecule has 4 aromatic rings. The molecule has 152 valence electrons. The molecule has 0 saturated heterocycles. The second-order valence-corrected chi connectivity index (χ2v) is 7.78. The summed E-state index contributed by atoms with van der Waals surface area (Å²) < 4.78 is 15.1. The lowest BCUT2D eigenvalue weighted by Crippen LogP contribution is -1.88. The van der Waals surface area contributed by atoms with Gasteiger partial charge in [0.05, 0.1) is 5.56 Å². The van der Waals surface area contributed by atoms with Gasteiger partial charge in [0, 0.05) is 10.9 Å². The van der Waals surface area contributed by atoms with E-state index in [0.717, 1.165) is 34.9 Å². The molecule has 0 heterocycles. The first-order valence-corrected chi connectivity index (χ1v) is 10.7. The van der Waals surface area contributed by atoms with E-state index in [9.17, 15) is 0 Å². The van der Waals surface area contributed by atoms with Gasteiger partial charge in [0.1, 0.15) is 5.82 Å². The van der Waals surface area contributed by atoms with Crippen molar-refractivity contribution in [3.05, 3.63) is 119 Å². The topological polar surface area (TPSA) is 0 Å². The van der Waals surface area contributed by atoms with Crippen LogP contribution in [-0.2, 0) is 6.42 Å². The highest BCUT2D eigenvalue weighted by atomic mass is 19.1. The third kappa shape index (κ3) is 4.93. The summed E-state index contributed by atoms with van der Waals surface area (Å²) in [7, 11) is 0. The molecule has 0 unspecified atom stereocenters. The Labute approximate surface area is 184 Å². The van der Waals surface area contributed by atoms with E-state index in [0.29, 0.717) is 10.9 Å². The van der Waals surface area contributed by atoms with E-state index in [4.69, 9.17) is 0 Å². The van der Waals surface area contributed by atoms with Crippen molar-refractivity contribution in [2.24, 2.45) is 0 Å². The normalized spacial score (nSPS) is 10.9. The summed E-state index contributed by atoms with van der Waals surface area (Å²) >= 11 is 0. The smallest absolute Gasteiger partial charge is 0.146 e. The lowest BCUT2D eigenvalue weighted by molar-refractivity contribution is 0.636. The summed E-state index contributed by atoms with van der Waals surface area (Å²) in [5, 5.41) is 1.48. The number of benzene rings is 4. The minimum atomic E-state index is -0.261. The Bertz CT molecular complexity index is 1280. The van der Waals surface area contributed by atoms with E-state index >= 15 is 4.39 Å². The number of hydrogen-bond donors (Lipinski definition) is 0. The van der Waals surface area contributed by atoms with Gasteiger partial charge >= 0.3 is 0 Å². The maximum atomic E-state index is 15.1. The zero-order chi connectivity index (χ0) is 21.6. The third-order valence-electron chi connectivity index (χ3n) is 5.47. The molecule has 4 aromatic carbocycles. The molecule has 0 radical (unpaired) electrons. The van der Waals surface area contributed by atoms with E-state index in [1.54, 1.807) is 6.07 Å². The van der Waals surface area contributed by atoms with Crippen molar-refractivity contribution >= 4 is 10.8 Å². The Morgan fingerprint density at radius 3 is 2.29 bits per heavy atom. The summed E-state index contributed by atoms with van der Waals surface area (Å²) in [6.45, 7) is 4.11. The minimum Gasteiger partial charge on any atom is -0.205 e. The Morgan fingerprint density at radius 1 is 0.806 bits per heavy atom. The second-order valence-electron chi connectivity index (χ2n) is 7.78. The Morgan fingerprint density at radius 2 is 1.55 bits per heavy atom. The molecule has 31 heavy (non-hydrogen) atoms. The van der Waals surface area contributed by atoms with E-state index in [1.807, 2.05) is 43.3 Å². The third-order valence-corrected chi connectivity index (χ3v) is 5.47. The summed E-state index contributed by atoms with van der Waals surface area (Å²) in [6.07, 6.45) is 6.29. The Balaban J connectivity index is 1.57. The Hall–Kier alpha value is -3.63. The van der Waals surface area contributed by atoms with Gasteiger partial charge in [-0.1, -0.05) is 84.2 Å². The first kappa shape index (κ1) is 20.6. The van der Waals surface area contributed by atoms with E-state index in [2.05, 4.69) is 67.3 Å². The van der Waals surface area contributed by atoms with Gasteiger partial charge in [0.15, 0.2) is 0 Å². The molecule has 1 heteroatoms. The maximum Gasteiger partial charge on any atom is 0.146 e. The van der Waals surface area contributed by atoms with Crippen molar-refractivity contribution in [3.63, 3.8) is 0 Å². The fourth-order valence-corrected chi connectivity index (χ4v) is 3.62. The van der Waals surface area contributed by atoms with Crippen molar-refractivity contribution in [1.29, 1.82) is 0 Å². The highest BCUT2D eigenvalue weighted by molar-refractivity contribution is 5.89. The summed E-state index contributed by atoms with van der Waals surface area (Å²) in [4.78, 5) is 0. The van der Waals surface area contributed by atoms with Gasteiger partial charge in [0.25, 0.3) is 0 Å². The van der Waals surface area contributed by atoms with Crippen LogP contribution in [-0.4, -0.2) is 0 Å². The van der Waals surface area contributed by atoms with Crippen LogP contribution in [0.5, 0.6) is 0 Å². The molecule has 0 bridgehead atoms. The van der Waals surface area contributed by atoms with Gasteiger partial charge in [-0.05, 0) is 73.0 Å². The maximum absolute atomic E-state index is 15.1. The molecule has 0 N–H and O–H groups in total. The highest BCUT2D eigenvalue weighted by Gasteiger charge is 2.07. The van der Waals surface area contributed by atoms with Gasteiger partial charge < -0.3 is 0 Å². The molecular weight excluding hydrogens is 379 g/mol. The van der Waals surface area contributed by atoms with E-state index in [-0.39, 0.29) is 5.82 Å². The standard InChI is InChI=1S/C30H25F/c1-3-4-5-6-23-9-11-24(12-10-23)13-16-26-17-18-28-21-27(19-20-29(28)30(26)31)25-14-7-22(2)8-15-25/h3-4,7-12,14-15,17-21H,5-6H2,1-2H3/b4-3+. The number of halogens is 1. The fourth-order valence-electron chi connectivity index (χ4n) is 3.62. The first-order valence-electron chi connectivity index (χ1n) is 10.7. The van der Waals surface area contributed by atoms with Crippen LogP contribution in [0.25, 0.3) is 21.9 Å². The lowest BCUT2D eigenvalue weighted by atomic mass is 9.99. The van der Waals surface area contributed by atoms with Crippen molar-refractivity contribution in [2.75, 3.05) is 0 Å². The number of fused-ring (bicyclic) bond motifs is 1. The van der Waals surface area contributed by atoms with Crippen LogP contribution in [0.1, 0.15) is 35.6 Å². The molecule has 0 aromatic heterocycles. The number of rotatable bonds is 4. The molecule has 4 rings (SSSR count). The van der Waals surface area contributed by atoms with Crippen molar-refractivity contribution in [1.82, 2.24) is 0 Å². The fraction of sp³-hybridized carbons (Fsp3) is 0.133. The summed E-state index contributed by atoms with van der Waals surface area (Å²) in [6, 6.07) is 26.2. The molecule has 0 nitrogen and oxygen atoms in total. The number of hydrogen-bond acceptors (Lipinski definition) is 0. The monoisotopic (exact) mass is 404 g/mol. The van der Waals surface area contributed by atoms with Crippen LogP contribution in [0.15, 0.2) is 91.0 Å². The van der Waals surface area contributed by atoms with Crippen molar-refractivity contribution in [2.45, 2.75) is 26.7 Å². The van der Waals surface area contributed by atoms with Crippen LogP contribution in [0, 0.1) is 24.6 Å². The molecule has 0 saturated carbocycles. The van der Waals surface area contributed by atoms with Gasteiger partial charge in [-0.15, -0.1) is 0 Å². The quantitative estimate of drug-likeness (QED) is 0.240. The number of aryl methyl sites for hydroxylation is 2. The van der Waals surface area contributed by atoms with Crippen LogP contribution in [0.3, 0.4) is 0 Å². The van der Waals surface area contributed by atoms with Gasteiger partial charge in [0.2, 0.25) is 0 Å². The summed E-state index contributed by atoms with van der Waals surface area (Å²) in [5.41, 5.74) is 6.04. The van der Waals surface area contributed by atoms with Crippen molar-refractivity contribution < 1.29 is 4.39 Å². The SMILES string of the molecule is C/C=C/CCc1ccc(C#Cc2ccc3cc(-c4ccc(C)cc4)ccc3c2F)cc1. The molecule has 0 aliphatic rings. The van der Waals surface area contributed by atoms with E-state index in [1.165, 1.54) is 11.1 Å². The first-order chi connectivity index (χ1) is 15.1. The predicted molar refractivity (Wildman–Crippen MR) is 130 cm³/mol. The zero-order valence-corrected chi connectivity index (χ0v) is 18.0. The molecule has 0 aliphatic carbocycles. The van der Waals surface area contributed by atoms with Crippen LogP contribution in [0.4, 0.5) is 4.39 Å². The Kier molecular flexibility index (Phi) is 6.29. The molecule has 0 amide bonds. The lowest BCUT2D eigenvalue weighted by Gasteiger charge is -2.07. The zero-order valence-electron chi connectivity index (χ0n) is 18.0. The average molecular weight is 405 g/mol. The van der Waals surface area contributed by atoms with Crippen LogP contribution < -0.4 is 0 Å².